The van der Waals surface area contributed by atoms with Gasteiger partial charge in [-0.1, -0.05) is 6.92 Å². The van der Waals surface area contributed by atoms with Crippen molar-refractivity contribution in [2.45, 2.75) is 33.8 Å². The Morgan fingerprint density at radius 2 is 1.93 bits per heavy atom. The van der Waals surface area contributed by atoms with Crippen molar-refractivity contribution in [3.63, 3.8) is 0 Å². The summed E-state index contributed by atoms with van der Waals surface area (Å²) in [6.45, 7) is 5.88. The van der Waals surface area contributed by atoms with E-state index < -0.39 is 17.7 Å². The summed E-state index contributed by atoms with van der Waals surface area (Å²) in [5.41, 5.74) is 1.72. The third-order valence-electron chi connectivity index (χ3n) is 4.25. The standard InChI is InChI=1S/C21H21NO6S/c1-4-17-12(3)8-18(29-17)20(24)27-11-13-9-19(23)28-16-10-14(6-7-15(13)16)22-21(25)26-5-2/h6-10H,4-5,11H2,1-3H3,(H,22,25). The number of rotatable bonds is 6. The minimum absolute atomic E-state index is 0.0655. The summed E-state index contributed by atoms with van der Waals surface area (Å²) in [7, 11) is 0. The highest BCUT2D eigenvalue weighted by atomic mass is 32.1. The van der Waals surface area contributed by atoms with E-state index in [1.54, 1.807) is 19.1 Å². The second-order valence-electron chi connectivity index (χ2n) is 6.29. The topological polar surface area (TPSA) is 94.8 Å². The van der Waals surface area contributed by atoms with Crippen molar-refractivity contribution in [3.8, 4) is 0 Å². The molecule has 1 aromatic carbocycles. The summed E-state index contributed by atoms with van der Waals surface area (Å²) >= 11 is 1.41. The van der Waals surface area contributed by atoms with E-state index in [4.69, 9.17) is 13.9 Å². The van der Waals surface area contributed by atoms with Crippen LogP contribution in [0.5, 0.6) is 0 Å². The highest BCUT2D eigenvalue weighted by Gasteiger charge is 2.15. The van der Waals surface area contributed by atoms with Crippen molar-refractivity contribution in [1.82, 2.24) is 0 Å². The third kappa shape index (κ3) is 4.83. The van der Waals surface area contributed by atoms with E-state index in [0.29, 0.717) is 21.5 Å². The van der Waals surface area contributed by atoms with Gasteiger partial charge >= 0.3 is 17.7 Å². The maximum absolute atomic E-state index is 12.4. The molecule has 0 fully saturated rings. The minimum Gasteiger partial charge on any atom is -0.457 e. The molecule has 0 aliphatic carbocycles. The number of fused-ring (bicyclic) bond motifs is 1. The van der Waals surface area contributed by atoms with Gasteiger partial charge in [-0.3, -0.25) is 5.32 Å². The van der Waals surface area contributed by atoms with Crippen LogP contribution in [0.2, 0.25) is 0 Å². The molecule has 1 amide bonds. The largest absolute Gasteiger partial charge is 0.457 e. The Morgan fingerprint density at radius 1 is 1.14 bits per heavy atom. The predicted octanol–water partition coefficient (Wildman–Crippen LogP) is 4.65. The van der Waals surface area contributed by atoms with Crippen molar-refractivity contribution in [2.24, 2.45) is 0 Å². The van der Waals surface area contributed by atoms with Crippen LogP contribution in [0.3, 0.4) is 0 Å². The maximum Gasteiger partial charge on any atom is 0.411 e. The number of hydrogen-bond donors (Lipinski definition) is 1. The first kappa shape index (κ1) is 20.6. The molecular formula is C21H21NO6S. The van der Waals surface area contributed by atoms with Crippen LogP contribution in [0.15, 0.2) is 39.5 Å². The molecule has 8 heteroatoms. The number of benzene rings is 1. The molecular weight excluding hydrogens is 394 g/mol. The molecule has 0 aliphatic heterocycles. The molecule has 0 radical (unpaired) electrons. The third-order valence-corrected chi connectivity index (χ3v) is 5.62. The van der Waals surface area contributed by atoms with Crippen molar-refractivity contribution in [2.75, 3.05) is 11.9 Å². The van der Waals surface area contributed by atoms with Crippen LogP contribution in [0.1, 0.15) is 39.5 Å². The lowest BCUT2D eigenvalue weighted by Gasteiger charge is -2.09. The van der Waals surface area contributed by atoms with Gasteiger partial charge in [-0.05, 0) is 44.0 Å². The number of ether oxygens (including phenoxy) is 2. The van der Waals surface area contributed by atoms with Gasteiger partial charge in [-0.15, -0.1) is 11.3 Å². The van der Waals surface area contributed by atoms with Crippen molar-refractivity contribution < 1.29 is 23.5 Å². The highest BCUT2D eigenvalue weighted by molar-refractivity contribution is 7.14. The smallest absolute Gasteiger partial charge is 0.411 e. The number of amides is 1. The quantitative estimate of drug-likeness (QED) is 0.465. The molecule has 0 spiro atoms. The van der Waals surface area contributed by atoms with Crippen molar-refractivity contribution >= 4 is 40.1 Å². The number of esters is 1. The molecule has 3 rings (SSSR count). The van der Waals surface area contributed by atoms with Crippen molar-refractivity contribution in [1.29, 1.82) is 0 Å². The molecule has 3 aromatic rings. The lowest BCUT2D eigenvalue weighted by atomic mass is 10.1. The Balaban J connectivity index is 1.80. The summed E-state index contributed by atoms with van der Waals surface area (Å²) in [5.74, 6) is -0.431. The van der Waals surface area contributed by atoms with Crippen molar-refractivity contribution in [3.05, 3.63) is 61.6 Å². The van der Waals surface area contributed by atoms with Crippen LogP contribution >= 0.6 is 11.3 Å². The average Bonchev–Trinajstić information content (AvgIpc) is 3.06. The van der Waals surface area contributed by atoms with E-state index in [-0.39, 0.29) is 18.8 Å². The normalized spacial score (nSPS) is 10.7. The second-order valence-corrected chi connectivity index (χ2v) is 7.43. The Kier molecular flexibility index (Phi) is 6.33. The first-order valence-corrected chi connectivity index (χ1v) is 10.00. The fraction of sp³-hybridized carbons (Fsp3) is 0.286. The van der Waals surface area contributed by atoms with E-state index in [2.05, 4.69) is 5.32 Å². The zero-order chi connectivity index (χ0) is 21.0. The van der Waals surface area contributed by atoms with Crippen LogP contribution in [0.4, 0.5) is 10.5 Å². The minimum atomic E-state index is -0.600. The van der Waals surface area contributed by atoms with Crippen LogP contribution in [0.25, 0.3) is 11.0 Å². The van der Waals surface area contributed by atoms with Crippen LogP contribution in [-0.2, 0) is 22.5 Å². The fourth-order valence-corrected chi connectivity index (χ4v) is 3.91. The number of aryl methyl sites for hydroxylation is 2. The van der Waals surface area contributed by atoms with Gasteiger partial charge < -0.3 is 13.9 Å². The predicted molar refractivity (Wildman–Crippen MR) is 111 cm³/mol. The van der Waals surface area contributed by atoms with Gasteiger partial charge in [0.1, 0.15) is 17.1 Å². The molecule has 2 heterocycles. The summed E-state index contributed by atoms with van der Waals surface area (Å²) in [6, 6.07) is 7.98. The second kappa shape index (κ2) is 8.91. The summed E-state index contributed by atoms with van der Waals surface area (Å²) in [6.07, 6.45) is 0.257. The number of carbonyl (C=O) groups is 2. The molecule has 2 aromatic heterocycles. The van der Waals surface area contributed by atoms with Crippen LogP contribution < -0.4 is 10.9 Å². The lowest BCUT2D eigenvalue weighted by Crippen LogP contribution is -2.13. The SMILES string of the molecule is CCOC(=O)Nc1ccc2c(COC(=O)c3cc(C)c(CC)s3)cc(=O)oc2c1. The molecule has 29 heavy (non-hydrogen) atoms. The number of hydrogen-bond acceptors (Lipinski definition) is 7. The van der Waals surface area contributed by atoms with E-state index in [0.717, 1.165) is 16.9 Å². The van der Waals surface area contributed by atoms with E-state index in [1.165, 1.54) is 23.5 Å². The monoisotopic (exact) mass is 415 g/mol. The molecule has 152 valence electrons. The zero-order valence-corrected chi connectivity index (χ0v) is 17.2. The van der Waals surface area contributed by atoms with Gasteiger partial charge in [0.05, 0.1) is 6.61 Å². The van der Waals surface area contributed by atoms with Gasteiger partial charge in [0.2, 0.25) is 0 Å². The number of carbonyl (C=O) groups excluding carboxylic acids is 2. The Hall–Kier alpha value is -3.13. The lowest BCUT2D eigenvalue weighted by molar-refractivity contribution is 0.0479. The van der Waals surface area contributed by atoms with E-state index in [1.807, 2.05) is 19.9 Å². The van der Waals surface area contributed by atoms with Gasteiger partial charge in [0, 0.05) is 33.6 Å². The molecule has 0 saturated carbocycles. The molecule has 0 saturated heterocycles. The number of anilines is 1. The first-order valence-electron chi connectivity index (χ1n) is 9.18. The highest BCUT2D eigenvalue weighted by Crippen LogP contribution is 2.25. The molecule has 0 atom stereocenters. The van der Waals surface area contributed by atoms with Gasteiger partial charge in [0.25, 0.3) is 0 Å². The van der Waals surface area contributed by atoms with Crippen LogP contribution in [-0.4, -0.2) is 18.7 Å². The summed E-state index contributed by atoms with van der Waals surface area (Å²) in [4.78, 5) is 37.5. The molecule has 0 aliphatic rings. The van der Waals surface area contributed by atoms with Gasteiger partial charge in [0.15, 0.2) is 0 Å². The number of thiophene rings is 1. The van der Waals surface area contributed by atoms with Crippen LogP contribution in [0, 0.1) is 6.92 Å². The Bertz CT molecular complexity index is 1110. The zero-order valence-electron chi connectivity index (χ0n) is 16.4. The summed E-state index contributed by atoms with van der Waals surface area (Å²) in [5, 5.41) is 3.17. The maximum atomic E-state index is 12.4. The first-order chi connectivity index (χ1) is 13.9. The van der Waals surface area contributed by atoms with E-state index in [9.17, 15) is 14.4 Å². The molecule has 7 nitrogen and oxygen atoms in total. The average molecular weight is 415 g/mol. The molecule has 1 N–H and O–H groups in total. The Labute approximate surface area is 171 Å². The van der Waals surface area contributed by atoms with Gasteiger partial charge in [-0.2, -0.15) is 0 Å². The molecule has 0 unspecified atom stereocenters. The molecule has 0 bridgehead atoms. The van der Waals surface area contributed by atoms with E-state index >= 15 is 0 Å². The fourth-order valence-electron chi connectivity index (χ4n) is 2.90. The summed E-state index contributed by atoms with van der Waals surface area (Å²) < 4.78 is 15.5. The number of nitrogens with one attached hydrogen (secondary N) is 1. The Morgan fingerprint density at radius 3 is 2.62 bits per heavy atom. The van der Waals surface area contributed by atoms with Gasteiger partial charge in [-0.25, -0.2) is 14.4 Å².